The molecule has 0 radical (unpaired) electrons. The van der Waals surface area contributed by atoms with Crippen LogP contribution in [0.5, 0.6) is 0 Å². The van der Waals surface area contributed by atoms with Gasteiger partial charge in [0.1, 0.15) is 12.6 Å². The molecule has 1 saturated heterocycles. The van der Waals surface area contributed by atoms with Gasteiger partial charge in [-0.1, -0.05) is 68.9 Å². The number of rotatable bonds is 3. The fourth-order valence-corrected chi connectivity index (χ4v) is 5.77. The molecule has 3 aliphatic rings. The Labute approximate surface area is 182 Å². The zero-order valence-corrected chi connectivity index (χ0v) is 18.8. The number of aryl methyl sites for hydroxylation is 1. The van der Waals surface area contributed by atoms with Crippen molar-refractivity contribution < 1.29 is 9.59 Å². The molecule has 4 nitrogen and oxygen atoms in total. The van der Waals surface area contributed by atoms with E-state index in [1.165, 1.54) is 24.8 Å². The van der Waals surface area contributed by atoms with E-state index < -0.39 is 6.04 Å². The van der Waals surface area contributed by atoms with Crippen LogP contribution >= 0.6 is 0 Å². The molecule has 1 atom stereocenters. The highest BCUT2D eigenvalue weighted by Crippen LogP contribution is 2.37. The summed E-state index contributed by atoms with van der Waals surface area (Å²) in [4.78, 5) is 31.4. The van der Waals surface area contributed by atoms with Gasteiger partial charge in [0.25, 0.3) is 5.91 Å². The zero-order valence-electron chi connectivity index (χ0n) is 18.8. The van der Waals surface area contributed by atoms with E-state index in [4.69, 9.17) is 0 Å². The molecule has 3 fully saturated rings. The number of amides is 2. The minimum Gasteiger partial charge on any atom is -0.328 e. The Balaban J connectivity index is 1.64. The van der Waals surface area contributed by atoms with Crippen molar-refractivity contribution in [3.05, 3.63) is 35.4 Å². The van der Waals surface area contributed by atoms with Gasteiger partial charge < -0.3 is 9.80 Å². The second kappa shape index (κ2) is 9.53. The highest BCUT2D eigenvalue weighted by atomic mass is 16.2. The van der Waals surface area contributed by atoms with E-state index in [0.717, 1.165) is 62.8 Å². The first-order valence-corrected chi connectivity index (χ1v) is 12.2. The average Bonchev–Trinajstić information content (AvgIpc) is 2.71. The smallest absolute Gasteiger partial charge is 0.250 e. The van der Waals surface area contributed by atoms with Crippen LogP contribution in [-0.2, 0) is 9.59 Å². The van der Waals surface area contributed by atoms with Gasteiger partial charge >= 0.3 is 0 Å². The van der Waals surface area contributed by atoms with Gasteiger partial charge in [0.2, 0.25) is 5.91 Å². The summed E-state index contributed by atoms with van der Waals surface area (Å²) >= 11 is 0. The number of nitrogens with zero attached hydrogens (tertiary/aromatic N) is 2. The lowest BCUT2D eigenvalue weighted by Gasteiger charge is -2.48. The highest BCUT2D eigenvalue weighted by Gasteiger charge is 2.45. The summed E-state index contributed by atoms with van der Waals surface area (Å²) in [6.07, 6.45) is 12.5. The van der Waals surface area contributed by atoms with E-state index in [9.17, 15) is 9.59 Å². The van der Waals surface area contributed by atoms with Gasteiger partial charge in [0.05, 0.1) is 0 Å². The number of carbonyl (C=O) groups is 2. The molecule has 2 amide bonds. The molecule has 4 rings (SSSR count). The van der Waals surface area contributed by atoms with Crippen molar-refractivity contribution in [1.82, 2.24) is 9.80 Å². The van der Waals surface area contributed by atoms with E-state index in [2.05, 4.69) is 38.1 Å². The second-order valence-corrected chi connectivity index (χ2v) is 9.99. The Kier molecular flexibility index (Phi) is 6.80. The molecular weight excluding hydrogens is 372 g/mol. The zero-order chi connectivity index (χ0) is 21.1. The lowest BCUT2D eigenvalue weighted by atomic mass is 9.85. The van der Waals surface area contributed by atoms with Crippen LogP contribution in [0.3, 0.4) is 0 Å². The van der Waals surface area contributed by atoms with Crippen molar-refractivity contribution >= 4 is 11.8 Å². The number of hydrogen-bond donors (Lipinski definition) is 0. The molecule has 2 aliphatic carbocycles. The summed E-state index contributed by atoms with van der Waals surface area (Å²) in [5, 5.41) is 0. The van der Waals surface area contributed by atoms with Gasteiger partial charge in [-0.15, -0.1) is 0 Å². The molecular formula is C26H38N2O2. The minimum absolute atomic E-state index is 0.153. The number of benzene rings is 1. The molecule has 1 aliphatic heterocycles. The summed E-state index contributed by atoms with van der Waals surface area (Å²) in [5.41, 5.74) is 2.17. The minimum atomic E-state index is -0.448. The van der Waals surface area contributed by atoms with E-state index in [0.29, 0.717) is 0 Å². The normalized spacial score (nSPS) is 29.6. The summed E-state index contributed by atoms with van der Waals surface area (Å²) in [6, 6.07) is 8.25. The standard InChI is InChI=1S/C26H38N2O2/c1-19-10-14-21(15-11-19)25-26(30)27(22-16-12-20(2)13-17-22)18-24(29)28(25)23-8-6-4-3-5-7-9-23/h10-11,14-15,20,22-23,25H,3-9,12-13,16-18H2,1-2H3/t20?,22?,25-/m0/s1. The molecule has 4 heteroatoms. The molecule has 0 unspecified atom stereocenters. The van der Waals surface area contributed by atoms with Gasteiger partial charge in [0.15, 0.2) is 0 Å². The Morgan fingerprint density at radius 3 is 2.00 bits per heavy atom. The van der Waals surface area contributed by atoms with Crippen LogP contribution in [-0.4, -0.2) is 40.2 Å². The van der Waals surface area contributed by atoms with Crippen molar-refractivity contribution in [1.29, 1.82) is 0 Å². The van der Waals surface area contributed by atoms with Gasteiger partial charge in [0, 0.05) is 12.1 Å². The van der Waals surface area contributed by atoms with Crippen LogP contribution in [0.25, 0.3) is 0 Å². The van der Waals surface area contributed by atoms with E-state index in [-0.39, 0.29) is 30.4 Å². The monoisotopic (exact) mass is 410 g/mol. The van der Waals surface area contributed by atoms with Gasteiger partial charge in [-0.25, -0.2) is 0 Å². The lowest BCUT2D eigenvalue weighted by molar-refractivity contribution is -0.162. The Hall–Kier alpha value is -1.84. The molecule has 30 heavy (non-hydrogen) atoms. The number of hydrogen-bond acceptors (Lipinski definition) is 2. The molecule has 0 bridgehead atoms. The molecule has 1 aromatic rings. The molecule has 0 spiro atoms. The van der Waals surface area contributed by atoms with Crippen LogP contribution in [0.1, 0.15) is 94.7 Å². The Morgan fingerprint density at radius 1 is 0.767 bits per heavy atom. The Bertz CT molecular complexity index is 728. The number of piperazine rings is 1. The first-order chi connectivity index (χ1) is 14.5. The Morgan fingerprint density at radius 2 is 1.37 bits per heavy atom. The van der Waals surface area contributed by atoms with Crippen LogP contribution in [0.4, 0.5) is 0 Å². The molecule has 1 heterocycles. The van der Waals surface area contributed by atoms with Crippen molar-refractivity contribution in [3.8, 4) is 0 Å². The molecule has 2 saturated carbocycles. The molecule has 0 aromatic heterocycles. The van der Waals surface area contributed by atoms with Crippen molar-refractivity contribution in [3.63, 3.8) is 0 Å². The van der Waals surface area contributed by atoms with Crippen molar-refractivity contribution in [2.24, 2.45) is 5.92 Å². The summed E-state index contributed by atoms with van der Waals surface area (Å²) in [5.74, 6) is 1.04. The number of carbonyl (C=O) groups excluding carboxylic acids is 2. The average molecular weight is 411 g/mol. The van der Waals surface area contributed by atoms with Gasteiger partial charge in [-0.05, 0) is 56.9 Å². The van der Waals surface area contributed by atoms with Crippen molar-refractivity contribution in [2.45, 2.75) is 103 Å². The first kappa shape index (κ1) is 21.4. The molecule has 1 aromatic carbocycles. The predicted molar refractivity (Wildman–Crippen MR) is 120 cm³/mol. The van der Waals surface area contributed by atoms with E-state index in [1.54, 1.807) is 0 Å². The van der Waals surface area contributed by atoms with Crippen molar-refractivity contribution in [2.75, 3.05) is 6.54 Å². The van der Waals surface area contributed by atoms with E-state index >= 15 is 0 Å². The maximum atomic E-state index is 13.9. The van der Waals surface area contributed by atoms with Gasteiger partial charge in [-0.2, -0.15) is 0 Å². The third-order valence-corrected chi connectivity index (χ3v) is 7.68. The molecule has 164 valence electrons. The third kappa shape index (κ3) is 4.58. The maximum Gasteiger partial charge on any atom is 0.250 e. The van der Waals surface area contributed by atoms with Gasteiger partial charge in [-0.3, -0.25) is 9.59 Å². The fourth-order valence-electron chi connectivity index (χ4n) is 5.77. The quantitative estimate of drug-likeness (QED) is 0.669. The topological polar surface area (TPSA) is 40.6 Å². The first-order valence-electron chi connectivity index (χ1n) is 12.2. The van der Waals surface area contributed by atoms with Crippen LogP contribution in [0.2, 0.25) is 0 Å². The lowest BCUT2D eigenvalue weighted by Crippen LogP contribution is -2.61. The molecule has 0 N–H and O–H groups in total. The maximum absolute atomic E-state index is 13.9. The van der Waals surface area contributed by atoms with E-state index in [1.807, 2.05) is 9.80 Å². The summed E-state index contributed by atoms with van der Waals surface area (Å²) in [6.45, 7) is 4.64. The van der Waals surface area contributed by atoms with Crippen LogP contribution < -0.4 is 0 Å². The van der Waals surface area contributed by atoms with Crippen LogP contribution in [0.15, 0.2) is 24.3 Å². The predicted octanol–water partition coefficient (Wildman–Crippen LogP) is 5.40. The second-order valence-electron chi connectivity index (χ2n) is 9.99. The fraction of sp³-hybridized carbons (Fsp3) is 0.692. The SMILES string of the molecule is Cc1ccc([C@H]2C(=O)N(C3CCC(C)CC3)CC(=O)N2C2CCCCCCC2)cc1. The third-order valence-electron chi connectivity index (χ3n) is 7.68. The highest BCUT2D eigenvalue weighted by molar-refractivity contribution is 5.96. The summed E-state index contributed by atoms with van der Waals surface area (Å²) in [7, 11) is 0. The largest absolute Gasteiger partial charge is 0.328 e. The van der Waals surface area contributed by atoms with Crippen LogP contribution in [0, 0.1) is 12.8 Å². The summed E-state index contributed by atoms with van der Waals surface area (Å²) < 4.78 is 0.